The molecule has 8 rings (SSSR count). The number of nitrogens with zero attached hydrogens (tertiary/aromatic N) is 2. The van der Waals surface area contributed by atoms with Gasteiger partial charge in [0.05, 0.1) is 0 Å². The van der Waals surface area contributed by atoms with Crippen LogP contribution in [0.25, 0.3) is 27.5 Å². The summed E-state index contributed by atoms with van der Waals surface area (Å²) in [5.74, 6) is 0.907. The van der Waals surface area contributed by atoms with E-state index >= 15 is 0 Å². The molecular formula is C46H37N3O. The largest absolute Gasteiger partial charge is 0.456 e. The van der Waals surface area contributed by atoms with Gasteiger partial charge in [-0.3, -0.25) is 5.41 Å². The molecule has 1 N–H and O–H groups in total. The molecule has 242 valence electrons. The number of hydrogen-bond acceptors (Lipinski definition) is 2. The normalized spacial score (nSPS) is 19.0. The maximum Gasteiger partial charge on any atom is 0.161 e. The smallest absolute Gasteiger partial charge is 0.161 e. The van der Waals surface area contributed by atoms with E-state index < -0.39 is 0 Å². The second-order valence-corrected chi connectivity index (χ2v) is 13.2. The third-order valence-electron chi connectivity index (χ3n) is 9.84. The highest BCUT2D eigenvalue weighted by Gasteiger charge is 2.25. The van der Waals surface area contributed by atoms with Crippen molar-refractivity contribution in [3.63, 3.8) is 0 Å². The molecule has 0 bridgehead atoms. The van der Waals surface area contributed by atoms with Crippen LogP contribution in [0.3, 0.4) is 0 Å². The molecule has 0 saturated carbocycles. The average molecular weight is 648 g/mol. The van der Waals surface area contributed by atoms with E-state index in [0.29, 0.717) is 5.84 Å². The Morgan fingerprint density at radius 1 is 0.780 bits per heavy atom. The number of allylic oxidation sites excluding steroid dienone is 8. The van der Waals surface area contributed by atoms with Gasteiger partial charge in [0.15, 0.2) is 11.7 Å². The first-order valence-electron chi connectivity index (χ1n) is 17.2. The van der Waals surface area contributed by atoms with Gasteiger partial charge >= 0.3 is 0 Å². The Balaban J connectivity index is 1.15. The zero-order valence-electron chi connectivity index (χ0n) is 28.0. The number of benzene rings is 5. The molecule has 0 radical (unpaired) electrons. The quantitative estimate of drug-likeness (QED) is 0.142. The molecule has 0 amide bonds. The molecule has 1 aromatic heterocycles. The van der Waals surface area contributed by atoms with E-state index in [9.17, 15) is 0 Å². The van der Waals surface area contributed by atoms with Crippen molar-refractivity contribution in [3.8, 4) is 0 Å². The Labute approximate surface area is 292 Å². The summed E-state index contributed by atoms with van der Waals surface area (Å²) >= 11 is 0. The van der Waals surface area contributed by atoms with E-state index in [1.165, 1.54) is 16.7 Å². The van der Waals surface area contributed by atoms with Crippen molar-refractivity contribution < 1.29 is 4.42 Å². The minimum Gasteiger partial charge on any atom is -0.456 e. The van der Waals surface area contributed by atoms with Crippen LogP contribution in [0.5, 0.6) is 0 Å². The Morgan fingerprint density at radius 2 is 1.52 bits per heavy atom. The zero-order chi connectivity index (χ0) is 33.9. The molecule has 0 spiro atoms. The third-order valence-corrected chi connectivity index (χ3v) is 9.84. The lowest BCUT2D eigenvalue weighted by atomic mass is 9.75. The lowest BCUT2D eigenvalue weighted by Gasteiger charge is -2.28. The van der Waals surface area contributed by atoms with Gasteiger partial charge < -0.3 is 4.42 Å². The fourth-order valence-electron chi connectivity index (χ4n) is 7.00. The second-order valence-electron chi connectivity index (χ2n) is 13.2. The lowest BCUT2D eigenvalue weighted by Crippen LogP contribution is -2.19. The van der Waals surface area contributed by atoms with Crippen LogP contribution in [0, 0.1) is 5.41 Å². The van der Waals surface area contributed by atoms with Crippen molar-refractivity contribution in [1.82, 2.24) is 0 Å². The zero-order valence-corrected chi connectivity index (χ0v) is 28.0. The molecule has 4 heteroatoms. The molecule has 0 aliphatic heterocycles. The van der Waals surface area contributed by atoms with Gasteiger partial charge in [0, 0.05) is 45.0 Å². The summed E-state index contributed by atoms with van der Waals surface area (Å²) in [5, 5.41) is 11.0. The molecule has 50 heavy (non-hydrogen) atoms. The summed E-state index contributed by atoms with van der Waals surface area (Å²) in [6, 6.07) is 41.0. The van der Waals surface area contributed by atoms with Crippen LogP contribution in [0.2, 0.25) is 0 Å². The number of fused-ring (bicyclic) bond motifs is 3. The fourth-order valence-corrected chi connectivity index (χ4v) is 7.00. The maximum atomic E-state index is 8.85. The fraction of sp³-hybridized carbons (Fsp3) is 0.109. The van der Waals surface area contributed by atoms with E-state index in [1.54, 1.807) is 0 Å². The van der Waals surface area contributed by atoms with Gasteiger partial charge in [-0.15, -0.1) is 0 Å². The molecule has 2 aliphatic carbocycles. The Morgan fingerprint density at radius 3 is 2.24 bits per heavy atom. The maximum absolute atomic E-state index is 8.85. The van der Waals surface area contributed by atoms with Crippen LogP contribution in [0.4, 0.5) is 0 Å². The van der Waals surface area contributed by atoms with Crippen LogP contribution in [-0.4, -0.2) is 17.9 Å². The van der Waals surface area contributed by atoms with Gasteiger partial charge in [0.25, 0.3) is 0 Å². The SMILES string of the molecule is CC1(c2ccccc2)C=CC(c2ccc(C(N=Cc3cccc4oc5cccc(C6C=CC=CC6)c5c34)=NC(=N)c3ccccc3)cc2)=CC1. The molecule has 6 aromatic rings. The van der Waals surface area contributed by atoms with E-state index in [-0.39, 0.29) is 17.2 Å². The topological polar surface area (TPSA) is 61.7 Å². The van der Waals surface area contributed by atoms with Gasteiger partial charge in [-0.2, -0.15) is 0 Å². The minimum atomic E-state index is -0.0227. The Kier molecular flexibility index (Phi) is 8.35. The number of furan rings is 1. The molecule has 0 fully saturated rings. The highest BCUT2D eigenvalue weighted by Crippen LogP contribution is 2.39. The Bertz CT molecular complexity index is 2390. The summed E-state index contributed by atoms with van der Waals surface area (Å²) in [6.45, 7) is 2.29. The Hall–Kier alpha value is -6.13. The first-order chi connectivity index (χ1) is 24.6. The van der Waals surface area contributed by atoms with E-state index in [4.69, 9.17) is 19.8 Å². The predicted octanol–water partition coefficient (Wildman–Crippen LogP) is 11.4. The molecule has 1 heterocycles. The number of amidine groups is 2. The molecule has 4 nitrogen and oxygen atoms in total. The monoisotopic (exact) mass is 647 g/mol. The van der Waals surface area contributed by atoms with E-state index in [2.05, 4.69) is 122 Å². The van der Waals surface area contributed by atoms with Crippen LogP contribution < -0.4 is 0 Å². The summed E-state index contributed by atoms with van der Waals surface area (Å²) in [6.07, 6.45) is 19.3. The van der Waals surface area contributed by atoms with Crippen molar-refractivity contribution in [3.05, 3.63) is 197 Å². The molecule has 2 unspecified atom stereocenters. The summed E-state index contributed by atoms with van der Waals surface area (Å²) in [5.41, 5.74) is 9.08. The summed E-state index contributed by atoms with van der Waals surface area (Å²) in [4.78, 5) is 9.77. The number of hydrogen-bond donors (Lipinski definition) is 1. The van der Waals surface area contributed by atoms with E-state index in [1.807, 2.05) is 54.7 Å². The van der Waals surface area contributed by atoms with Crippen molar-refractivity contribution in [2.45, 2.75) is 31.1 Å². The predicted molar refractivity (Wildman–Crippen MR) is 209 cm³/mol. The molecular weight excluding hydrogens is 611 g/mol. The molecule has 2 atom stereocenters. The van der Waals surface area contributed by atoms with Gasteiger partial charge in [0.2, 0.25) is 0 Å². The van der Waals surface area contributed by atoms with Crippen molar-refractivity contribution >= 4 is 45.4 Å². The van der Waals surface area contributed by atoms with Crippen molar-refractivity contribution in [2.75, 3.05) is 0 Å². The van der Waals surface area contributed by atoms with Gasteiger partial charge in [0.1, 0.15) is 11.2 Å². The molecule has 0 saturated heterocycles. The highest BCUT2D eigenvalue weighted by molar-refractivity contribution is 6.18. The first-order valence-corrected chi connectivity index (χ1v) is 17.2. The standard InChI is InChI=1S/C46H37N3O/c1-46(38-18-9-4-10-19-38)29-27-33(28-30-46)32-23-25-36(26-24-32)45(49-44(47)35-15-7-3-8-16-35)48-31-37-17-11-21-40-42(37)43-39(20-12-22-41(43)50-40)34-13-5-2-6-14-34/h2-13,15-29,31,34,47H,14,30H2,1H3. The number of rotatable bonds is 6. The number of aliphatic imine (C=N–C) groups is 2. The summed E-state index contributed by atoms with van der Waals surface area (Å²) in [7, 11) is 0. The van der Waals surface area contributed by atoms with Crippen LogP contribution in [-0.2, 0) is 5.41 Å². The second kappa shape index (κ2) is 13.4. The molecule has 5 aromatic carbocycles. The number of nitrogens with one attached hydrogen (secondary N) is 1. The van der Waals surface area contributed by atoms with E-state index in [0.717, 1.165) is 57.0 Å². The van der Waals surface area contributed by atoms with Gasteiger partial charge in [-0.05, 0) is 47.2 Å². The van der Waals surface area contributed by atoms with Crippen molar-refractivity contribution in [1.29, 1.82) is 5.41 Å². The lowest BCUT2D eigenvalue weighted by molar-refractivity contribution is 0.601. The van der Waals surface area contributed by atoms with Crippen LogP contribution in [0.1, 0.15) is 59.1 Å². The first kappa shape index (κ1) is 31.2. The van der Waals surface area contributed by atoms with Crippen LogP contribution in [0.15, 0.2) is 178 Å². The van der Waals surface area contributed by atoms with Crippen LogP contribution >= 0.6 is 0 Å². The minimum absolute atomic E-state index is 0.0227. The van der Waals surface area contributed by atoms with Crippen molar-refractivity contribution in [2.24, 2.45) is 9.98 Å². The highest BCUT2D eigenvalue weighted by atomic mass is 16.3. The van der Waals surface area contributed by atoms with Gasteiger partial charge in [-0.1, -0.05) is 159 Å². The van der Waals surface area contributed by atoms with Gasteiger partial charge in [-0.25, -0.2) is 9.98 Å². The average Bonchev–Trinajstić information content (AvgIpc) is 3.58. The third kappa shape index (κ3) is 6.12. The molecule has 2 aliphatic rings. The summed E-state index contributed by atoms with van der Waals surface area (Å²) < 4.78 is 6.37.